The first kappa shape index (κ1) is 19.9. The van der Waals surface area contributed by atoms with E-state index in [4.69, 9.17) is 9.52 Å². The zero-order valence-corrected chi connectivity index (χ0v) is 15.2. The number of aliphatic hydroxyl groups excluding tert-OH is 1. The molecule has 12 heteroatoms. The van der Waals surface area contributed by atoms with Gasteiger partial charge in [-0.3, -0.25) is 4.90 Å². The number of aryl methyl sites for hydroxylation is 1. The van der Waals surface area contributed by atoms with Crippen LogP contribution >= 0.6 is 0 Å². The van der Waals surface area contributed by atoms with Crippen LogP contribution in [0.1, 0.15) is 11.5 Å². The number of rotatable bonds is 5. The van der Waals surface area contributed by atoms with E-state index in [0.717, 1.165) is 6.07 Å². The largest absolute Gasteiger partial charge is 0.458 e. The first-order chi connectivity index (χ1) is 12.6. The van der Waals surface area contributed by atoms with Crippen LogP contribution in [0, 0.1) is 6.92 Å². The molecule has 1 fully saturated rings. The molecule has 0 spiro atoms. The van der Waals surface area contributed by atoms with E-state index in [0.29, 0.717) is 25.7 Å². The van der Waals surface area contributed by atoms with Crippen molar-refractivity contribution in [2.24, 2.45) is 0 Å². The first-order valence-corrected chi connectivity index (χ1v) is 9.55. The van der Waals surface area contributed by atoms with E-state index in [1.165, 1.54) is 11.2 Å². The number of furan rings is 1. The summed E-state index contributed by atoms with van der Waals surface area (Å²) in [7, 11) is -3.87. The lowest BCUT2D eigenvalue weighted by atomic mass is 10.3. The molecule has 27 heavy (non-hydrogen) atoms. The molecule has 0 radical (unpaired) electrons. The van der Waals surface area contributed by atoms with Gasteiger partial charge in [-0.15, -0.1) is 0 Å². The van der Waals surface area contributed by atoms with E-state index in [-0.39, 0.29) is 41.8 Å². The number of hydrogen-bond donors (Lipinski definition) is 1. The molecule has 2 aromatic rings. The minimum atomic E-state index is -4.70. The third-order valence-corrected chi connectivity index (χ3v) is 6.29. The zero-order valence-electron chi connectivity index (χ0n) is 14.4. The van der Waals surface area contributed by atoms with Crippen molar-refractivity contribution in [1.82, 2.24) is 14.4 Å². The second-order valence-corrected chi connectivity index (χ2v) is 7.98. The normalized spacial score (nSPS) is 17.5. The summed E-state index contributed by atoms with van der Waals surface area (Å²) in [6, 6.07) is 1.81. The number of β-amino-alcohol motifs (C(OH)–C–C–N with tert-alkyl or cyclic N) is 1. The third kappa shape index (κ3) is 4.03. The van der Waals surface area contributed by atoms with E-state index < -0.39 is 22.0 Å². The van der Waals surface area contributed by atoms with Crippen molar-refractivity contribution in [2.75, 3.05) is 39.3 Å². The van der Waals surface area contributed by atoms with Gasteiger partial charge in [-0.1, -0.05) is 5.16 Å². The van der Waals surface area contributed by atoms with Crippen molar-refractivity contribution < 1.29 is 35.6 Å². The zero-order chi connectivity index (χ0) is 19.8. The highest BCUT2D eigenvalue weighted by Crippen LogP contribution is 2.34. The quantitative estimate of drug-likeness (QED) is 0.800. The predicted molar refractivity (Wildman–Crippen MR) is 86.2 cm³/mol. The average Bonchev–Trinajstić information content (AvgIpc) is 3.22. The predicted octanol–water partition coefficient (Wildman–Crippen LogP) is 1.56. The summed E-state index contributed by atoms with van der Waals surface area (Å²) in [6.07, 6.45) is -4.70. The number of halogens is 3. The molecule has 1 aliphatic rings. The van der Waals surface area contributed by atoms with Crippen LogP contribution < -0.4 is 0 Å². The SMILES string of the molecule is Cc1oc(-c2cc(C(F)(F)F)on2)cc1S(=O)(=O)N1CCN(CCO)CC1. The molecule has 0 bridgehead atoms. The second-order valence-electron chi connectivity index (χ2n) is 6.07. The summed E-state index contributed by atoms with van der Waals surface area (Å²) in [5, 5.41) is 12.3. The van der Waals surface area contributed by atoms with E-state index in [1.54, 1.807) is 0 Å². The summed E-state index contributed by atoms with van der Waals surface area (Å²) in [5.41, 5.74) is -0.236. The molecular formula is C15H18F3N3O5S. The minimum Gasteiger partial charge on any atom is -0.458 e. The first-order valence-electron chi connectivity index (χ1n) is 8.11. The van der Waals surface area contributed by atoms with Crippen LogP contribution in [0.15, 0.2) is 26.0 Å². The molecule has 1 N–H and O–H groups in total. The summed E-state index contributed by atoms with van der Waals surface area (Å²) < 4.78 is 74.5. The monoisotopic (exact) mass is 409 g/mol. The second kappa shape index (κ2) is 7.26. The molecular weight excluding hydrogens is 391 g/mol. The van der Waals surface area contributed by atoms with E-state index in [9.17, 15) is 21.6 Å². The fourth-order valence-electron chi connectivity index (χ4n) is 2.85. The number of piperazine rings is 1. The summed E-state index contributed by atoms with van der Waals surface area (Å²) in [4.78, 5) is 1.82. The third-order valence-electron chi connectivity index (χ3n) is 4.28. The van der Waals surface area contributed by atoms with Gasteiger partial charge in [0.2, 0.25) is 15.8 Å². The smallest absolute Gasteiger partial charge is 0.452 e. The van der Waals surface area contributed by atoms with Crippen LogP contribution in [-0.4, -0.2) is 67.2 Å². The Morgan fingerprint density at radius 2 is 1.89 bits per heavy atom. The molecule has 0 saturated carbocycles. The molecule has 0 amide bonds. The van der Waals surface area contributed by atoms with Gasteiger partial charge in [-0.2, -0.15) is 17.5 Å². The Morgan fingerprint density at radius 1 is 1.22 bits per heavy atom. The number of hydrogen-bond acceptors (Lipinski definition) is 7. The molecule has 0 aromatic carbocycles. The van der Waals surface area contributed by atoms with Gasteiger partial charge >= 0.3 is 6.18 Å². The van der Waals surface area contributed by atoms with Crippen LogP contribution in [0.3, 0.4) is 0 Å². The summed E-state index contributed by atoms with van der Waals surface area (Å²) in [6.45, 7) is 3.31. The molecule has 0 unspecified atom stereocenters. The number of aliphatic hydroxyl groups is 1. The molecule has 3 rings (SSSR count). The Balaban J connectivity index is 1.82. The fraction of sp³-hybridized carbons (Fsp3) is 0.533. The van der Waals surface area contributed by atoms with Crippen molar-refractivity contribution in [3.05, 3.63) is 23.7 Å². The molecule has 2 aromatic heterocycles. The molecule has 3 heterocycles. The van der Waals surface area contributed by atoms with Gasteiger partial charge in [-0.05, 0) is 6.92 Å². The molecule has 0 atom stereocenters. The van der Waals surface area contributed by atoms with Gasteiger partial charge in [0.15, 0.2) is 5.76 Å². The fourth-order valence-corrected chi connectivity index (χ4v) is 4.43. The van der Waals surface area contributed by atoms with Crippen LogP contribution in [0.2, 0.25) is 0 Å². The van der Waals surface area contributed by atoms with Gasteiger partial charge in [0.05, 0.1) is 6.61 Å². The molecule has 1 saturated heterocycles. The lowest BCUT2D eigenvalue weighted by Crippen LogP contribution is -2.49. The maximum Gasteiger partial charge on any atom is 0.452 e. The van der Waals surface area contributed by atoms with Gasteiger partial charge in [-0.25, -0.2) is 8.42 Å². The maximum atomic E-state index is 12.9. The standard InChI is InChI=1S/C15H18F3N3O5S/c1-10-13(27(23,24)21-4-2-20(3-5-21)6-7-22)9-12(25-10)11-8-14(26-19-11)15(16,17)18/h8-9,22H,2-7H2,1H3. The topological polar surface area (TPSA) is 100 Å². The molecule has 150 valence electrons. The number of aromatic nitrogens is 1. The number of sulfonamides is 1. The van der Waals surface area contributed by atoms with Crippen molar-refractivity contribution >= 4 is 10.0 Å². The number of alkyl halides is 3. The van der Waals surface area contributed by atoms with E-state index in [2.05, 4.69) is 9.68 Å². The Kier molecular flexibility index (Phi) is 5.34. The van der Waals surface area contributed by atoms with Crippen LogP contribution in [0.4, 0.5) is 13.2 Å². The summed E-state index contributed by atoms with van der Waals surface area (Å²) in [5.74, 6) is -1.36. The Morgan fingerprint density at radius 3 is 2.44 bits per heavy atom. The van der Waals surface area contributed by atoms with Crippen molar-refractivity contribution in [1.29, 1.82) is 0 Å². The van der Waals surface area contributed by atoms with Crippen LogP contribution in [-0.2, 0) is 16.2 Å². The molecule has 8 nitrogen and oxygen atoms in total. The highest BCUT2D eigenvalue weighted by molar-refractivity contribution is 7.89. The maximum absolute atomic E-state index is 12.9. The lowest BCUT2D eigenvalue weighted by Gasteiger charge is -2.33. The van der Waals surface area contributed by atoms with Crippen molar-refractivity contribution in [3.8, 4) is 11.5 Å². The lowest BCUT2D eigenvalue weighted by molar-refractivity contribution is -0.155. The van der Waals surface area contributed by atoms with Crippen LogP contribution in [0.5, 0.6) is 0 Å². The van der Waals surface area contributed by atoms with Gasteiger partial charge < -0.3 is 14.0 Å². The molecule has 1 aliphatic heterocycles. The van der Waals surface area contributed by atoms with E-state index >= 15 is 0 Å². The average molecular weight is 409 g/mol. The van der Waals surface area contributed by atoms with Gasteiger partial charge in [0.1, 0.15) is 16.3 Å². The van der Waals surface area contributed by atoms with Crippen molar-refractivity contribution in [3.63, 3.8) is 0 Å². The minimum absolute atomic E-state index is 0.00539. The Bertz CT molecular complexity index is 898. The Labute approximate surface area is 153 Å². The van der Waals surface area contributed by atoms with Gasteiger partial charge in [0.25, 0.3) is 0 Å². The van der Waals surface area contributed by atoms with Crippen LogP contribution in [0.25, 0.3) is 11.5 Å². The number of nitrogens with zero attached hydrogens (tertiary/aromatic N) is 3. The van der Waals surface area contributed by atoms with Crippen molar-refractivity contribution in [2.45, 2.75) is 18.0 Å². The van der Waals surface area contributed by atoms with E-state index in [1.807, 2.05) is 4.90 Å². The highest BCUT2D eigenvalue weighted by Gasteiger charge is 2.37. The van der Waals surface area contributed by atoms with Gasteiger partial charge in [0, 0.05) is 44.9 Å². The molecule has 0 aliphatic carbocycles. The Hall–Kier alpha value is -1.89. The highest BCUT2D eigenvalue weighted by atomic mass is 32.2. The summed E-state index contributed by atoms with van der Waals surface area (Å²) >= 11 is 0.